The number of nitrogens with one attached hydrogen (secondary N) is 1. The first-order valence-electron chi connectivity index (χ1n) is 12.2. The van der Waals surface area contributed by atoms with Gasteiger partial charge in [0.1, 0.15) is 0 Å². The van der Waals surface area contributed by atoms with Crippen LogP contribution >= 0.6 is 12.0 Å². The lowest BCUT2D eigenvalue weighted by molar-refractivity contribution is 0.169. The Labute approximate surface area is 218 Å². The van der Waals surface area contributed by atoms with Crippen LogP contribution in [0.4, 0.5) is 11.4 Å². The number of rotatable bonds is 11. The van der Waals surface area contributed by atoms with E-state index in [1.165, 1.54) is 17.6 Å². The van der Waals surface area contributed by atoms with Crippen LogP contribution in [0.1, 0.15) is 30.0 Å². The molecule has 2 aromatic carbocycles. The number of aliphatic imine (C=N–C) groups is 1. The van der Waals surface area contributed by atoms with Crippen LogP contribution in [0.15, 0.2) is 90.0 Å². The second kappa shape index (κ2) is 13.1. The van der Waals surface area contributed by atoms with Crippen molar-refractivity contribution < 1.29 is 4.28 Å². The van der Waals surface area contributed by atoms with Crippen molar-refractivity contribution in [2.24, 2.45) is 4.99 Å². The zero-order valence-electron chi connectivity index (χ0n) is 20.8. The van der Waals surface area contributed by atoms with E-state index in [1.807, 2.05) is 61.1 Å². The second-order valence-corrected chi connectivity index (χ2v) is 9.31. The second-order valence-electron chi connectivity index (χ2n) is 8.54. The van der Waals surface area contributed by atoms with Crippen LogP contribution < -0.4 is 5.48 Å². The molecule has 1 aliphatic rings. The lowest BCUT2D eigenvalue weighted by Gasteiger charge is -2.37. The number of pyridine rings is 1. The zero-order chi connectivity index (χ0) is 25.2. The minimum absolute atomic E-state index is 0.868. The molecule has 1 N–H and O–H groups in total. The Balaban J connectivity index is 1.27. The fraction of sp³-hybridized carbons (Fsp3) is 0.241. The maximum Gasteiger partial charge on any atom is 0.0857 e. The molecule has 0 amide bonds. The first-order chi connectivity index (χ1) is 17.7. The molecule has 7 heteroatoms. The van der Waals surface area contributed by atoms with Crippen molar-refractivity contribution in [1.82, 2.24) is 14.8 Å². The summed E-state index contributed by atoms with van der Waals surface area (Å²) in [6.07, 6.45) is 8.34. The van der Waals surface area contributed by atoms with Crippen LogP contribution in [0.2, 0.25) is 0 Å². The molecule has 3 aromatic rings. The van der Waals surface area contributed by atoms with E-state index < -0.39 is 0 Å². The third-order valence-corrected chi connectivity index (χ3v) is 6.72. The van der Waals surface area contributed by atoms with Crippen molar-refractivity contribution in [1.29, 1.82) is 0 Å². The molecule has 1 aromatic heterocycles. The molecule has 186 valence electrons. The van der Waals surface area contributed by atoms with Gasteiger partial charge in [0.25, 0.3) is 0 Å². The summed E-state index contributed by atoms with van der Waals surface area (Å²) in [5.74, 6) is 0. The van der Waals surface area contributed by atoms with Gasteiger partial charge in [0.2, 0.25) is 0 Å². The van der Waals surface area contributed by atoms with Crippen molar-refractivity contribution in [2.45, 2.75) is 24.8 Å². The van der Waals surface area contributed by atoms with Crippen molar-refractivity contribution >= 4 is 41.4 Å². The molecule has 0 unspecified atom stereocenters. The van der Waals surface area contributed by atoms with Gasteiger partial charge in [-0.1, -0.05) is 56.5 Å². The Kier molecular flexibility index (Phi) is 9.33. The van der Waals surface area contributed by atoms with Crippen LogP contribution in [0, 0.1) is 0 Å². The first-order valence-corrected chi connectivity index (χ1v) is 12.9. The lowest BCUT2D eigenvalue weighted by atomic mass is 10.1. The zero-order valence-corrected chi connectivity index (χ0v) is 21.6. The van der Waals surface area contributed by atoms with Crippen LogP contribution in [0.25, 0.3) is 11.8 Å². The highest BCUT2D eigenvalue weighted by Crippen LogP contribution is 2.34. The number of piperazine rings is 1. The average molecular weight is 500 g/mol. The van der Waals surface area contributed by atoms with Gasteiger partial charge in [-0.25, -0.2) is 0 Å². The monoisotopic (exact) mass is 499 g/mol. The van der Waals surface area contributed by atoms with Crippen molar-refractivity contribution in [3.05, 3.63) is 96.8 Å². The average Bonchev–Trinajstić information content (AvgIpc) is 2.93. The molecule has 36 heavy (non-hydrogen) atoms. The standard InChI is InChI=1S/C29H33N5OS/c1-4-15-31-29-25(5-2)9-6-10-28(29)36-35-32-27-13-11-26(12-14-27)23(3)34-19-17-33(18-20-34)22-24-8-7-16-30-21-24/h5-16,21,32H,2-4,17-20,22H2,1H3/b31-15-. The predicted molar refractivity (Wildman–Crippen MR) is 152 cm³/mol. The van der Waals surface area contributed by atoms with Crippen LogP contribution in [-0.2, 0) is 10.8 Å². The maximum atomic E-state index is 5.72. The SMILES string of the molecule is C=Cc1cccc(SONc2ccc(C(=C)N3CCN(Cc4cccnc4)CC3)cc2)c1/N=C\CC. The normalized spacial score (nSPS) is 14.2. The highest BCUT2D eigenvalue weighted by atomic mass is 32.2. The minimum Gasteiger partial charge on any atom is -0.369 e. The molecule has 0 spiro atoms. The van der Waals surface area contributed by atoms with Gasteiger partial charge in [-0.3, -0.25) is 20.4 Å². The number of benzene rings is 2. The van der Waals surface area contributed by atoms with E-state index in [0.717, 1.165) is 72.2 Å². The summed E-state index contributed by atoms with van der Waals surface area (Å²) in [5.41, 5.74) is 9.17. The molecule has 0 radical (unpaired) electrons. The molecule has 1 fully saturated rings. The summed E-state index contributed by atoms with van der Waals surface area (Å²) >= 11 is 1.25. The Bertz CT molecular complexity index is 1170. The van der Waals surface area contributed by atoms with Gasteiger partial charge >= 0.3 is 0 Å². The van der Waals surface area contributed by atoms with E-state index in [1.54, 1.807) is 0 Å². The number of anilines is 1. The molecule has 0 aliphatic carbocycles. The summed E-state index contributed by atoms with van der Waals surface area (Å²) in [6, 6.07) is 18.3. The first kappa shape index (κ1) is 25.7. The molecule has 0 bridgehead atoms. The molecular formula is C29H33N5OS. The van der Waals surface area contributed by atoms with Gasteiger partial charge in [0.15, 0.2) is 0 Å². The molecule has 1 aliphatic heterocycles. The maximum absolute atomic E-state index is 5.72. The topological polar surface area (TPSA) is 53.0 Å². The van der Waals surface area contributed by atoms with E-state index in [2.05, 4.69) is 63.5 Å². The summed E-state index contributed by atoms with van der Waals surface area (Å²) in [6.45, 7) is 15.2. The van der Waals surface area contributed by atoms with Crippen LogP contribution in [-0.4, -0.2) is 47.2 Å². The molecule has 2 heterocycles. The third-order valence-electron chi connectivity index (χ3n) is 6.05. The number of hydrogen-bond acceptors (Lipinski definition) is 7. The van der Waals surface area contributed by atoms with Gasteiger partial charge in [-0.2, -0.15) is 4.28 Å². The Hall–Kier alpha value is -3.39. The van der Waals surface area contributed by atoms with Gasteiger partial charge in [-0.05, 0) is 41.8 Å². The Morgan fingerprint density at radius 2 is 1.92 bits per heavy atom. The van der Waals surface area contributed by atoms with Gasteiger partial charge in [0, 0.05) is 62.6 Å². The number of hydrogen-bond donors (Lipinski definition) is 1. The highest BCUT2D eigenvalue weighted by molar-refractivity contribution is 7.94. The number of nitrogens with zero attached hydrogens (tertiary/aromatic N) is 4. The number of para-hydroxylation sites is 1. The van der Waals surface area contributed by atoms with E-state index in [-0.39, 0.29) is 0 Å². The van der Waals surface area contributed by atoms with Gasteiger partial charge in [0.05, 0.1) is 28.3 Å². The minimum atomic E-state index is 0.868. The molecule has 0 atom stereocenters. The third kappa shape index (κ3) is 6.85. The highest BCUT2D eigenvalue weighted by Gasteiger charge is 2.19. The van der Waals surface area contributed by atoms with E-state index in [4.69, 9.17) is 4.28 Å². The van der Waals surface area contributed by atoms with Crippen LogP contribution in [0.3, 0.4) is 0 Å². The summed E-state index contributed by atoms with van der Waals surface area (Å²) < 4.78 is 5.72. The van der Waals surface area contributed by atoms with E-state index in [9.17, 15) is 0 Å². The number of aromatic nitrogens is 1. The fourth-order valence-corrected chi connectivity index (χ4v) is 4.66. The predicted octanol–water partition coefficient (Wildman–Crippen LogP) is 6.68. The molecule has 4 rings (SSSR count). The van der Waals surface area contributed by atoms with E-state index >= 15 is 0 Å². The molecule has 0 saturated carbocycles. The lowest BCUT2D eigenvalue weighted by Crippen LogP contribution is -2.44. The Morgan fingerprint density at radius 1 is 1.11 bits per heavy atom. The van der Waals surface area contributed by atoms with Crippen molar-refractivity contribution in [2.75, 3.05) is 31.7 Å². The van der Waals surface area contributed by atoms with Gasteiger partial charge < -0.3 is 4.90 Å². The van der Waals surface area contributed by atoms with E-state index in [0.29, 0.717) is 0 Å². The molecule has 1 saturated heterocycles. The quantitative estimate of drug-likeness (QED) is 0.180. The van der Waals surface area contributed by atoms with Crippen molar-refractivity contribution in [3.8, 4) is 0 Å². The molecular weight excluding hydrogens is 466 g/mol. The van der Waals surface area contributed by atoms with Gasteiger partial charge in [-0.15, -0.1) is 0 Å². The van der Waals surface area contributed by atoms with Crippen LogP contribution in [0.5, 0.6) is 0 Å². The largest absolute Gasteiger partial charge is 0.369 e. The summed E-state index contributed by atoms with van der Waals surface area (Å²) in [7, 11) is 0. The molecule has 6 nitrogen and oxygen atoms in total. The van der Waals surface area contributed by atoms with Crippen molar-refractivity contribution in [3.63, 3.8) is 0 Å². The fourth-order valence-electron chi connectivity index (χ4n) is 4.04. The summed E-state index contributed by atoms with van der Waals surface area (Å²) in [5, 5.41) is 0. The Morgan fingerprint density at radius 3 is 2.61 bits per heavy atom. The summed E-state index contributed by atoms with van der Waals surface area (Å²) in [4.78, 5) is 14.6. The smallest absolute Gasteiger partial charge is 0.0857 e.